The summed E-state index contributed by atoms with van der Waals surface area (Å²) in [4.78, 5) is 25.3. The minimum absolute atomic E-state index is 0.128. The summed E-state index contributed by atoms with van der Waals surface area (Å²) < 4.78 is 38.1. The SMILES string of the molecule is CCOc1ccc(S(=O)(=O)N2CCC(C(=O)O[C@H](C)C(=O)N[C@@H]3CCCC[C@H]3C)CC2)cc1. The fraction of sp³-hybridized carbons (Fsp3) is 0.667. The number of carbonyl (C=O) groups excluding carboxylic acids is 2. The van der Waals surface area contributed by atoms with Gasteiger partial charge in [0.25, 0.3) is 5.91 Å². The van der Waals surface area contributed by atoms with Gasteiger partial charge < -0.3 is 14.8 Å². The Labute approximate surface area is 197 Å². The molecule has 1 aliphatic carbocycles. The Bertz CT molecular complexity index is 909. The summed E-state index contributed by atoms with van der Waals surface area (Å²) in [5.41, 5.74) is 0. The Hall–Kier alpha value is -2.13. The number of sulfonamides is 1. The first-order valence-electron chi connectivity index (χ1n) is 12.0. The lowest BCUT2D eigenvalue weighted by Crippen LogP contribution is -2.47. The van der Waals surface area contributed by atoms with Crippen molar-refractivity contribution in [3.63, 3.8) is 0 Å². The molecule has 1 amide bonds. The van der Waals surface area contributed by atoms with Crippen LogP contribution in [0.5, 0.6) is 5.75 Å². The largest absolute Gasteiger partial charge is 0.494 e. The molecule has 1 saturated carbocycles. The van der Waals surface area contributed by atoms with E-state index in [1.165, 1.54) is 22.9 Å². The highest BCUT2D eigenvalue weighted by Crippen LogP contribution is 2.27. The van der Waals surface area contributed by atoms with Crippen LogP contribution in [-0.2, 0) is 24.3 Å². The number of benzene rings is 1. The maximum absolute atomic E-state index is 12.9. The second-order valence-corrected chi connectivity index (χ2v) is 11.0. The van der Waals surface area contributed by atoms with Crippen LogP contribution in [0.1, 0.15) is 59.3 Å². The van der Waals surface area contributed by atoms with Crippen molar-refractivity contribution >= 4 is 21.9 Å². The van der Waals surface area contributed by atoms with Crippen molar-refractivity contribution < 1.29 is 27.5 Å². The first kappa shape index (κ1) is 25.5. The number of nitrogens with zero attached hydrogens (tertiary/aromatic N) is 1. The van der Waals surface area contributed by atoms with E-state index >= 15 is 0 Å². The zero-order valence-corrected chi connectivity index (χ0v) is 20.6. The average molecular weight is 481 g/mol. The molecule has 33 heavy (non-hydrogen) atoms. The summed E-state index contributed by atoms with van der Waals surface area (Å²) in [6, 6.07) is 6.48. The van der Waals surface area contributed by atoms with Crippen molar-refractivity contribution in [3.05, 3.63) is 24.3 Å². The van der Waals surface area contributed by atoms with Crippen LogP contribution in [0.15, 0.2) is 29.2 Å². The van der Waals surface area contributed by atoms with Crippen molar-refractivity contribution in [2.45, 2.75) is 76.3 Å². The normalized spacial score (nSPS) is 23.5. The highest BCUT2D eigenvalue weighted by Gasteiger charge is 2.34. The van der Waals surface area contributed by atoms with Crippen LogP contribution in [0.25, 0.3) is 0 Å². The first-order valence-corrected chi connectivity index (χ1v) is 13.4. The molecule has 1 aliphatic heterocycles. The zero-order valence-electron chi connectivity index (χ0n) is 19.8. The van der Waals surface area contributed by atoms with E-state index in [9.17, 15) is 18.0 Å². The highest BCUT2D eigenvalue weighted by molar-refractivity contribution is 7.89. The molecule has 1 heterocycles. The van der Waals surface area contributed by atoms with Crippen molar-refractivity contribution in [2.75, 3.05) is 19.7 Å². The predicted molar refractivity (Wildman–Crippen MR) is 124 cm³/mol. The van der Waals surface area contributed by atoms with Crippen LogP contribution in [0.4, 0.5) is 0 Å². The molecular weight excluding hydrogens is 444 g/mol. The molecule has 2 fully saturated rings. The van der Waals surface area contributed by atoms with Gasteiger partial charge in [0.05, 0.1) is 17.4 Å². The number of esters is 1. The number of amides is 1. The van der Waals surface area contributed by atoms with Crippen LogP contribution in [0.2, 0.25) is 0 Å². The molecular formula is C24H36N2O6S. The van der Waals surface area contributed by atoms with Crippen molar-refractivity contribution in [3.8, 4) is 5.75 Å². The van der Waals surface area contributed by atoms with E-state index in [0.717, 1.165) is 19.3 Å². The molecule has 1 saturated heterocycles. The lowest BCUT2D eigenvalue weighted by molar-refractivity contribution is -0.160. The molecule has 1 aromatic rings. The average Bonchev–Trinajstić information content (AvgIpc) is 2.81. The maximum Gasteiger partial charge on any atom is 0.309 e. The van der Waals surface area contributed by atoms with Gasteiger partial charge in [-0.05, 0) is 69.7 Å². The number of piperidine rings is 1. The Morgan fingerprint density at radius 2 is 1.73 bits per heavy atom. The van der Waals surface area contributed by atoms with Gasteiger partial charge in [-0.2, -0.15) is 4.31 Å². The van der Waals surface area contributed by atoms with E-state index in [1.807, 2.05) is 6.92 Å². The molecule has 0 spiro atoms. The van der Waals surface area contributed by atoms with Gasteiger partial charge >= 0.3 is 5.97 Å². The standard InChI is InChI=1S/C24H36N2O6S/c1-4-31-20-9-11-21(12-10-20)33(29,30)26-15-13-19(14-16-26)24(28)32-18(3)23(27)25-22-8-6-5-7-17(22)2/h9-12,17-19,22H,4-8,13-16H2,1-3H3,(H,25,27)/t17-,18-,22-/m1/s1. The van der Waals surface area contributed by atoms with E-state index in [2.05, 4.69) is 12.2 Å². The van der Waals surface area contributed by atoms with Crippen LogP contribution < -0.4 is 10.1 Å². The fourth-order valence-corrected chi connectivity index (χ4v) is 5.98. The number of ether oxygens (including phenoxy) is 2. The molecule has 0 bridgehead atoms. The molecule has 1 N–H and O–H groups in total. The Morgan fingerprint density at radius 3 is 2.33 bits per heavy atom. The van der Waals surface area contributed by atoms with E-state index in [4.69, 9.17) is 9.47 Å². The third kappa shape index (κ3) is 6.47. The van der Waals surface area contributed by atoms with Gasteiger partial charge in [-0.25, -0.2) is 8.42 Å². The topological polar surface area (TPSA) is 102 Å². The summed E-state index contributed by atoms with van der Waals surface area (Å²) in [6.07, 6.45) is 4.20. The van der Waals surface area contributed by atoms with Gasteiger partial charge in [-0.1, -0.05) is 19.8 Å². The van der Waals surface area contributed by atoms with Gasteiger partial charge in [0.15, 0.2) is 6.10 Å². The van der Waals surface area contributed by atoms with Gasteiger partial charge in [0.2, 0.25) is 10.0 Å². The minimum Gasteiger partial charge on any atom is -0.494 e. The molecule has 1 aromatic carbocycles. The molecule has 9 heteroatoms. The number of hydrogen-bond acceptors (Lipinski definition) is 6. The molecule has 8 nitrogen and oxygen atoms in total. The minimum atomic E-state index is -3.64. The second-order valence-electron chi connectivity index (χ2n) is 9.04. The lowest BCUT2D eigenvalue weighted by atomic mass is 9.86. The summed E-state index contributed by atoms with van der Waals surface area (Å²) in [5.74, 6) is -0.0769. The third-order valence-electron chi connectivity index (χ3n) is 6.66. The van der Waals surface area contributed by atoms with Crippen LogP contribution in [0.3, 0.4) is 0 Å². The van der Waals surface area contributed by atoms with Crippen molar-refractivity contribution in [1.29, 1.82) is 0 Å². The summed E-state index contributed by atoms with van der Waals surface area (Å²) in [7, 11) is -3.64. The Morgan fingerprint density at radius 1 is 1.09 bits per heavy atom. The molecule has 3 atom stereocenters. The summed E-state index contributed by atoms with van der Waals surface area (Å²) in [5, 5.41) is 3.02. The number of hydrogen-bond donors (Lipinski definition) is 1. The maximum atomic E-state index is 12.9. The molecule has 3 rings (SSSR count). The van der Waals surface area contributed by atoms with Gasteiger partial charge in [-0.3, -0.25) is 9.59 Å². The molecule has 0 unspecified atom stereocenters. The number of nitrogens with one attached hydrogen (secondary N) is 1. The molecule has 2 aliphatic rings. The first-order chi connectivity index (χ1) is 15.7. The predicted octanol–water partition coefficient (Wildman–Crippen LogP) is 3.11. The number of carbonyl (C=O) groups is 2. The van der Waals surface area contributed by atoms with Crippen LogP contribution in [0, 0.1) is 11.8 Å². The Balaban J connectivity index is 1.49. The van der Waals surface area contributed by atoms with E-state index < -0.39 is 28.0 Å². The van der Waals surface area contributed by atoms with Crippen LogP contribution >= 0.6 is 0 Å². The van der Waals surface area contributed by atoms with Crippen molar-refractivity contribution in [2.24, 2.45) is 11.8 Å². The lowest BCUT2D eigenvalue weighted by Gasteiger charge is -2.32. The Kier molecular flexibility index (Phi) is 8.75. The fourth-order valence-electron chi connectivity index (χ4n) is 4.51. The van der Waals surface area contributed by atoms with E-state index in [1.54, 1.807) is 19.1 Å². The zero-order chi connectivity index (χ0) is 24.0. The molecule has 184 valence electrons. The van der Waals surface area contributed by atoms with Gasteiger partial charge in [-0.15, -0.1) is 0 Å². The second kappa shape index (κ2) is 11.3. The highest BCUT2D eigenvalue weighted by atomic mass is 32.2. The van der Waals surface area contributed by atoms with Gasteiger partial charge in [0, 0.05) is 19.1 Å². The summed E-state index contributed by atoms with van der Waals surface area (Å²) in [6.45, 7) is 6.56. The third-order valence-corrected chi connectivity index (χ3v) is 8.57. The molecule has 0 aromatic heterocycles. The molecule has 0 radical (unpaired) electrons. The number of rotatable bonds is 8. The monoisotopic (exact) mass is 480 g/mol. The van der Waals surface area contributed by atoms with E-state index in [-0.39, 0.29) is 29.9 Å². The van der Waals surface area contributed by atoms with Crippen molar-refractivity contribution in [1.82, 2.24) is 9.62 Å². The van der Waals surface area contributed by atoms with E-state index in [0.29, 0.717) is 31.1 Å². The van der Waals surface area contributed by atoms with Crippen LogP contribution in [-0.4, -0.2) is 56.4 Å². The smallest absolute Gasteiger partial charge is 0.309 e. The summed E-state index contributed by atoms with van der Waals surface area (Å²) >= 11 is 0. The van der Waals surface area contributed by atoms with Gasteiger partial charge in [0.1, 0.15) is 5.75 Å². The quantitative estimate of drug-likeness (QED) is 0.574.